The minimum atomic E-state index is -0.0593. The number of nitrogens with two attached hydrogens (primary N) is 1. The number of hydrogen-bond acceptors (Lipinski definition) is 3. The molecule has 0 amide bonds. The molecule has 0 aliphatic rings. The van der Waals surface area contributed by atoms with Gasteiger partial charge in [-0.1, -0.05) is 12.1 Å². The van der Waals surface area contributed by atoms with Crippen LogP contribution >= 0.6 is 0 Å². The Kier molecular flexibility index (Phi) is 3.73. The molecule has 0 saturated heterocycles. The van der Waals surface area contributed by atoms with Crippen LogP contribution < -0.4 is 11.1 Å². The third kappa shape index (κ3) is 2.72. The Morgan fingerprint density at radius 1 is 1.38 bits per heavy atom. The normalized spacial score (nSPS) is 12.5. The van der Waals surface area contributed by atoms with Gasteiger partial charge in [-0.2, -0.15) is 0 Å². The van der Waals surface area contributed by atoms with E-state index in [9.17, 15) is 0 Å². The number of hydrogen-bond donors (Lipinski definition) is 3. The second-order valence-electron chi connectivity index (χ2n) is 2.99. The summed E-state index contributed by atoms with van der Waals surface area (Å²) in [6.45, 7) is 0.134. The van der Waals surface area contributed by atoms with Crippen molar-refractivity contribution in [1.82, 2.24) is 0 Å². The van der Waals surface area contributed by atoms with Crippen molar-refractivity contribution in [2.45, 2.75) is 12.5 Å². The van der Waals surface area contributed by atoms with E-state index in [1.807, 2.05) is 31.3 Å². The third-order valence-corrected chi connectivity index (χ3v) is 2.07. The summed E-state index contributed by atoms with van der Waals surface area (Å²) < 4.78 is 0. The molecule has 0 unspecified atom stereocenters. The van der Waals surface area contributed by atoms with Crippen molar-refractivity contribution >= 4 is 5.69 Å². The van der Waals surface area contributed by atoms with Gasteiger partial charge in [-0.25, -0.2) is 0 Å². The predicted molar refractivity (Wildman–Crippen MR) is 54.6 cm³/mol. The maximum Gasteiger partial charge on any atom is 0.0449 e. The molecular formula is C10H16N2O. The van der Waals surface area contributed by atoms with E-state index in [1.54, 1.807) is 0 Å². The lowest BCUT2D eigenvalue weighted by atomic mass is 10.1. The summed E-state index contributed by atoms with van der Waals surface area (Å²) in [5.41, 5.74) is 7.95. The van der Waals surface area contributed by atoms with Crippen molar-refractivity contribution in [2.75, 3.05) is 19.0 Å². The molecule has 0 radical (unpaired) electrons. The average Bonchev–Trinajstić information content (AvgIpc) is 2.18. The SMILES string of the molecule is CNc1ccc([C@H](N)CCO)cc1. The monoisotopic (exact) mass is 180 g/mol. The van der Waals surface area contributed by atoms with Gasteiger partial charge >= 0.3 is 0 Å². The Labute approximate surface area is 78.6 Å². The van der Waals surface area contributed by atoms with Crippen LogP contribution in [0.5, 0.6) is 0 Å². The molecule has 0 fully saturated rings. The van der Waals surface area contributed by atoms with Gasteiger partial charge in [0.15, 0.2) is 0 Å². The molecule has 13 heavy (non-hydrogen) atoms. The highest BCUT2D eigenvalue weighted by atomic mass is 16.3. The summed E-state index contributed by atoms with van der Waals surface area (Å²) >= 11 is 0. The highest BCUT2D eigenvalue weighted by Gasteiger charge is 2.03. The number of anilines is 1. The van der Waals surface area contributed by atoms with Crippen molar-refractivity contribution in [3.8, 4) is 0 Å². The number of benzene rings is 1. The molecule has 72 valence electrons. The second kappa shape index (κ2) is 4.84. The van der Waals surface area contributed by atoms with Gasteiger partial charge in [-0.05, 0) is 24.1 Å². The van der Waals surface area contributed by atoms with Crippen LogP contribution in [-0.2, 0) is 0 Å². The molecule has 4 N–H and O–H groups in total. The number of nitrogens with one attached hydrogen (secondary N) is 1. The van der Waals surface area contributed by atoms with E-state index in [-0.39, 0.29) is 12.6 Å². The molecule has 1 rings (SSSR count). The zero-order valence-electron chi connectivity index (χ0n) is 7.83. The summed E-state index contributed by atoms with van der Waals surface area (Å²) in [5, 5.41) is 11.7. The first kappa shape index (κ1) is 10.0. The van der Waals surface area contributed by atoms with Crippen LogP contribution in [0.2, 0.25) is 0 Å². The van der Waals surface area contributed by atoms with Gasteiger partial charge in [0.1, 0.15) is 0 Å². The van der Waals surface area contributed by atoms with E-state index >= 15 is 0 Å². The highest BCUT2D eigenvalue weighted by molar-refractivity contribution is 5.44. The van der Waals surface area contributed by atoms with Gasteiger partial charge in [0, 0.05) is 25.4 Å². The van der Waals surface area contributed by atoms with Crippen LogP contribution in [0, 0.1) is 0 Å². The van der Waals surface area contributed by atoms with E-state index in [0.29, 0.717) is 6.42 Å². The van der Waals surface area contributed by atoms with Crippen molar-refractivity contribution < 1.29 is 5.11 Å². The molecule has 0 saturated carbocycles. The van der Waals surface area contributed by atoms with Crippen LogP contribution in [0.1, 0.15) is 18.0 Å². The summed E-state index contributed by atoms with van der Waals surface area (Å²) in [4.78, 5) is 0. The zero-order valence-corrected chi connectivity index (χ0v) is 7.83. The van der Waals surface area contributed by atoms with Crippen LogP contribution in [0.4, 0.5) is 5.69 Å². The van der Waals surface area contributed by atoms with E-state index in [1.165, 1.54) is 0 Å². The molecule has 0 aliphatic carbocycles. The van der Waals surface area contributed by atoms with Crippen molar-refractivity contribution in [3.63, 3.8) is 0 Å². The van der Waals surface area contributed by atoms with E-state index in [4.69, 9.17) is 10.8 Å². The molecule has 0 heterocycles. The van der Waals surface area contributed by atoms with Crippen molar-refractivity contribution in [1.29, 1.82) is 0 Å². The fourth-order valence-corrected chi connectivity index (χ4v) is 1.20. The molecule has 3 nitrogen and oxygen atoms in total. The van der Waals surface area contributed by atoms with Gasteiger partial charge in [-0.15, -0.1) is 0 Å². The predicted octanol–water partition coefficient (Wildman–Crippen LogP) is 1.11. The van der Waals surface area contributed by atoms with Gasteiger partial charge in [0.05, 0.1) is 0 Å². The molecule has 0 aromatic heterocycles. The number of rotatable bonds is 4. The lowest BCUT2D eigenvalue weighted by molar-refractivity contribution is 0.276. The number of aliphatic hydroxyl groups is 1. The van der Waals surface area contributed by atoms with Crippen molar-refractivity contribution in [3.05, 3.63) is 29.8 Å². The quantitative estimate of drug-likeness (QED) is 0.650. The minimum absolute atomic E-state index is 0.0593. The largest absolute Gasteiger partial charge is 0.396 e. The Hall–Kier alpha value is -1.06. The topological polar surface area (TPSA) is 58.3 Å². The average molecular weight is 180 g/mol. The first-order valence-electron chi connectivity index (χ1n) is 4.42. The molecule has 1 aromatic rings. The van der Waals surface area contributed by atoms with Crippen LogP contribution in [-0.4, -0.2) is 18.8 Å². The Bertz CT molecular complexity index is 246. The van der Waals surface area contributed by atoms with Crippen LogP contribution in [0.3, 0.4) is 0 Å². The maximum absolute atomic E-state index is 8.71. The maximum atomic E-state index is 8.71. The van der Waals surface area contributed by atoms with E-state index < -0.39 is 0 Å². The Morgan fingerprint density at radius 3 is 2.46 bits per heavy atom. The van der Waals surface area contributed by atoms with E-state index in [0.717, 1.165) is 11.3 Å². The second-order valence-corrected chi connectivity index (χ2v) is 2.99. The first-order valence-corrected chi connectivity index (χ1v) is 4.42. The standard InChI is InChI=1S/C10H16N2O/c1-12-9-4-2-8(3-5-9)10(11)6-7-13/h2-5,10,12-13H,6-7,11H2,1H3/t10-/m1/s1. The summed E-state index contributed by atoms with van der Waals surface area (Å²) in [5.74, 6) is 0. The number of aliphatic hydroxyl groups excluding tert-OH is 1. The van der Waals surface area contributed by atoms with Crippen LogP contribution in [0.25, 0.3) is 0 Å². The third-order valence-electron chi connectivity index (χ3n) is 2.07. The van der Waals surface area contributed by atoms with Crippen molar-refractivity contribution in [2.24, 2.45) is 5.73 Å². The fraction of sp³-hybridized carbons (Fsp3) is 0.400. The van der Waals surface area contributed by atoms with Gasteiger partial charge in [0.2, 0.25) is 0 Å². The molecule has 3 heteroatoms. The van der Waals surface area contributed by atoms with Gasteiger partial charge in [0.25, 0.3) is 0 Å². The van der Waals surface area contributed by atoms with Gasteiger partial charge < -0.3 is 16.2 Å². The minimum Gasteiger partial charge on any atom is -0.396 e. The summed E-state index contributed by atoms with van der Waals surface area (Å²) in [6, 6.07) is 7.85. The van der Waals surface area contributed by atoms with E-state index in [2.05, 4.69) is 5.32 Å². The Balaban J connectivity index is 2.67. The zero-order chi connectivity index (χ0) is 9.68. The highest BCUT2D eigenvalue weighted by Crippen LogP contribution is 2.16. The summed E-state index contributed by atoms with van der Waals surface area (Å²) in [7, 11) is 1.88. The lowest BCUT2D eigenvalue weighted by Crippen LogP contribution is -2.11. The molecule has 0 bridgehead atoms. The molecular weight excluding hydrogens is 164 g/mol. The smallest absolute Gasteiger partial charge is 0.0449 e. The first-order chi connectivity index (χ1) is 6.27. The summed E-state index contributed by atoms with van der Waals surface area (Å²) in [6.07, 6.45) is 0.610. The molecule has 1 aromatic carbocycles. The molecule has 0 aliphatic heterocycles. The van der Waals surface area contributed by atoms with Crippen LogP contribution in [0.15, 0.2) is 24.3 Å². The fourth-order valence-electron chi connectivity index (χ4n) is 1.20. The molecule has 0 spiro atoms. The lowest BCUT2D eigenvalue weighted by Gasteiger charge is -2.10. The molecule has 1 atom stereocenters. The Morgan fingerprint density at radius 2 is 2.00 bits per heavy atom. The van der Waals surface area contributed by atoms with Gasteiger partial charge in [-0.3, -0.25) is 0 Å².